The molecule has 16 heavy (non-hydrogen) atoms. The maximum Gasteiger partial charge on any atom is 0.0831 e. The van der Waals surface area contributed by atoms with Crippen molar-refractivity contribution in [2.45, 2.75) is 25.1 Å². The minimum atomic E-state index is -0.295. The van der Waals surface area contributed by atoms with Crippen LogP contribution in [0.5, 0.6) is 0 Å². The van der Waals surface area contributed by atoms with E-state index in [-0.39, 0.29) is 12.1 Å². The summed E-state index contributed by atoms with van der Waals surface area (Å²) < 4.78 is 10.3. The van der Waals surface area contributed by atoms with E-state index in [0.717, 1.165) is 13.1 Å². The molecule has 0 saturated carbocycles. The zero-order valence-electron chi connectivity index (χ0n) is 10.5. The maximum atomic E-state index is 9.89. The van der Waals surface area contributed by atoms with Gasteiger partial charge in [0.1, 0.15) is 0 Å². The second kappa shape index (κ2) is 7.19. The number of aliphatic hydroxyl groups excluding tert-OH is 1. The van der Waals surface area contributed by atoms with Crippen LogP contribution >= 0.6 is 0 Å². The standard InChI is InChI=1S/C11H24N2O3/c1-9(8-16-3)13(4-5-15-2)10-6-12-7-11(10)14/h9-12,14H,4-8H2,1-3H3. The Kier molecular flexibility index (Phi) is 6.23. The monoisotopic (exact) mass is 232 g/mol. The Morgan fingerprint density at radius 1 is 1.38 bits per heavy atom. The van der Waals surface area contributed by atoms with E-state index in [1.807, 2.05) is 0 Å². The van der Waals surface area contributed by atoms with Crippen LogP contribution in [0.25, 0.3) is 0 Å². The summed E-state index contributed by atoms with van der Waals surface area (Å²) in [6.45, 7) is 5.80. The summed E-state index contributed by atoms with van der Waals surface area (Å²) in [4.78, 5) is 2.26. The van der Waals surface area contributed by atoms with Crippen LogP contribution in [-0.4, -0.2) is 75.3 Å². The highest BCUT2D eigenvalue weighted by atomic mass is 16.5. The van der Waals surface area contributed by atoms with Crippen molar-refractivity contribution in [1.29, 1.82) is 0 Å². The van der Waals surface area contributed by atoms with Gasteiger partial charge in [-0.3, -0.25) is 4.90 Å². The highest BCUT2D eigenvalue weighted by Gasteiger charge is 2.32. The van der Waals surface area contributed by atoms with Gasteiger partial charge < -0.3 is 19.9 Å². The average Bonchev–Trinajstić information content (AvgIpc) is 2.66. The molecule has 1 aliphatic heterocycles. The van der Waals surface area contributed by atoms with Gasteiger partial charge in [-0.05, 0) is 6.92 Å². The summed E-state index contributed by atoms with van der Waals surface area (Å²) >= 11 is 0. The summed E-state index contributed by atoms with van der Waals surface area (Å²) in [5.41, 5.74) is 0. The molecule has 3 atom stereocenters. The molecule has 2 N–H and O–H groups in total. The molecule has 1 aliphatic rings. The van der Waals surface area contributed by atoms with Crippen LogP contribution < -0.4 is 5.32 Å². The molecule has 0 aromatic carbocycles. The first kappa shape index (κ1) is 13.9. The second-order valence-corrected chi connectivity index (χ2v) is 4.33. The van der Waals surface area contributed by atoms with Gasteiger partial charge in [0.15, 0.2) is 0 Å². The molecule has 0 spiro atoms. The summed E-state index contributed by atoms with van der Waals surface area (Å²) in [7, 11) is 3.40. The Morgan fingerprint density at radius 3 is 2.62 bits per heavy atom. The Balaban J connectivity index is 2.54. The predicted molar refractivity (Wildman–Crippen MR) is 62.6 cm³/mol. The molecule has 1 rings (SSSR count). The van der Waals surface area contributed by atoms with Crippen molar-refractivity contribution < 1.29 is 14.6 Å². The molecular weight excluding hydrogens is 208 g/mol. The lowest BCUT2D eigenvalue weighted by Gasteiger charge is -2.35. The van der Waals surface area contributed by atoms with Crippen molar-refractivity contribution >= 4 is 0 Å². The molecule has 0 aliphatic carbocycles. The van der Waals surface area contributed by atoms with Crippen LogP contribution in [0.15, 0.2) is 0 Å². The molecule has 5 nitrogen and oxygen atoms in total. The molecule has 1 saturated heterocycles. The SMILES string of the molecule is COCCN(C(C)COC)C1CNCC1O. The lowest BCUT2D eigenvalue weighted by atomic mass is 10.1. The fourth-order valence-electron chi connectivity index (χ4n) is 2.24. The minimum absolute atomic E-state index is 0.167. The van der Waals surface area contributed by atoms with Gasteiger partial charge in [-0.2, -0.15) is 0 Å². The number of nitrogens with one attached hydrogen (secondary N) is 1. The van der Waals surface area contributed by atoms with Crippen molar-refractivity contribution in [3.8, 4) is 0 Å². The van der Waals surface area contributed by atoms with Crippen molar-refractivity contribution in [2.75, 3.05) is 47.1 Å². The number of methoxy groups -OCH3 is 2. The third-order valence-corrected chi connectivity index (χ3v) is 3.10. The molecule has 0 amide bonds. The molecule has 96 valence electrons. The molecular formula is C11H24N2O3. The lowest BCUT2D eigenvalue weighted by Crippen LogP contribution is -2.50. The quantitative estimate of drug-likeness (QED) is 0.608. The number of aliphatic hydroxyl groups is 1. The zero-order chi connectivity index (χ0) is 12.0. The van der Waals surface area contributed by atoms with Crippen LogP contribution in [0.1, 0.15) is 6.92 Å². The normalized spacial score (nSPS) is 27.6. The number of hydrogen-bond donors (Lipinski definition) is 2. The third-order valence-electron chi connectivity index (χ3n) is 3.10. The summed E-state index contributed by atoms with van der Waals surface area (Å²) in [6.07, 6.45) is -0.295. The minimum Gasteiger partial charge on any atom is -0.390 e. The Bertz CT molecular complexity index is 192. The zero-order valence-corrected chi connectivity index (χ0v) is 10.5. The highest BCUT2D eigenvalue weighted by Crippen LogP contribution is 2.13. The second-order valence-electron chi connectivity index (χ2n) is 4.33. The summed E-state index contributed by atoms with van der Waals surface area (Å²) in [5.74, 6) is 0. The van der Waals surface area contributed by atoms with Gasteiger partial charge in [-0.25, -0.2) is 0 Å². The Hall–Kier alpha value is -0.200. The fourth-order valence-corrected chi connectivity index (χ4v) is 2.24. The molecule has 0 bridgehead atoms. The van der Waals surface area contributed by atoms with E-state index in [0.29, 0.717) is 25.8 Å². The van der Waals surface area contributed by atoms with E-state index in [9.17, 15) is 5.11 Å². The van der Waals surface area contributed by atoms with Crippen LogP contribution in [0.4, 0.5) is 0 Å². The first-order valence-corrected chi connectivity index (χ1v) is 5.83. The van der Waals surface area contributed by atoms with Gasteiger partial charge in [0.25, 0.3) is 0 Å². The Labute approximate surface area is 97.7 Å². The van der Waals surface area contributed by atoms with Crippen LogP contribution in [0.3, 0.4) is 0 Å². The van der Waals surface area contributed by atoms with Crippen molar-refractivity contribution in [2.24, 2.45) is 0 Å². The van der Waals surface area contributed by atoms with Gasteiger partial charge in [-0.15, -0.1) is 0 Å². The fraction of sp³-hybridized carbons (Fsp3) is 1.00. The van der Waals surface area contributed by atoms with Crippen LogP contribution in [-0.2, 0) is 9.47 Å². The van der Waals surface area contributed by atoms with E-state index < -0.39 is 0 Å². The number of nitrogens with zero attached hydrogens (tertiary/aromatic N) is 1. The highest BCUT2D eigenvalue weighted by molar-refractivity contribution is 4.90. The first-order chi connectivity index (χ1) is 7.70. The van der Waals surface area contributed by atoms with E-state index in [2.05, 4.69) is 17.1 Å². The molecule has 3 unspecified atom stereocenters. The number of ether oxygens (including phenoxy) is 2. The maximum absolute atomic E-state index is 9.89. The number of β-amino-alcohol motifs (C(OH)–C–C–N with tert-alkyl or cyclic N) is 1. The van der Waals surface area contributed by atoms with Crippen molar-refractivity contribution in [3.63, 3.8) is 0 Å². The molecule has 1 heterocycles. The lowest BCUT2D eigenvalue weighted by molar-refractivity contribution is 0.0133. The van der Waals surface area contributed by atoms with Crippen molar-refractivity contribution in [1.82, 2.24) is 10.2 Å². The predicted octanol–water partition coefficient (Wildman–Crippen LogP) is -0.698. The molecule has 1 fully saturated rings. The largest absolute Gasteiger partial charge is 0.390 e. The number of rotatable bonds is 7. The van der Waals surface area contributed by atoms with Gasteiger partial charge in [0, 0.05) is 45.9 Å². The van der Waals surface area contributed by atoms with E-state index in [1.54, 1.807) is 14.2 Å². The number of hydrogen-bond acceptors (Lipinski definition) is 5. The summed E-state index contributed by atoms with van der Waals surface area (Å²) in [5, 5.41) is 13.1. The van der Waals surface area contributed by atoms with Gasteiger partial charge >= 0.3 is 0 Å². The first-order valence-electron chi connectivity index (χ1n) is 5.83. The van der Waals surface area contributed by atoms with Gasteiger partial charge in [-0.1, -0.05) is 0 Å². The van der Waals surface area contributed by atoms with Crippen molar-refractivity contribution in [3.05, 3.63) is 0 Å². The molecule has 5 heteroatoms. The molecule has 0 aromatic rings. The Morgan fingerprint density at radius 2 is 2.12 bits per heavy atom. The third kappa shape index (κ3) is 3.68. The van der Waals surface area contributed by atoms with E-state index in [1.165, 1.54) is 0 Å². The smallest absolute Gasteiger partial charge is 0.0831 e. The van der Waals surface area contributed by atoms with Crippen LogP contribution in [0, 0.1) is 0 Å². The molecule has 0 aromatic heterocycles. The topological polar surface area (TPSA) is 54.0 Å². The van der Waals surface area contributed by atoms with Gasteiger partial charge in [0.2, 0.25) is 0 Å². The van der Waals surface area contributed by atoms with Crippen LogP contribution in [0.2, 0.25) is 0 Å². The van der Waals surface area contributed by atoms with E-state index >= 15 is 0 Å². The average molecular weight is 232 g/mol. The molecule has 0 radical (unpaired) electrons. The van der Waals surface area contributed by atoms with Gasteiger partial charge in [0.05, 0.1) is 19.3 Å². The summed E-state index contributed by atoms with van der Waals surface area (Å²) in [6, 6.07) is 0.458. The van der Waals surface area contributed by atoms with E-state index in [4.69, 9.17) is 9.47 Å².